The molecular formula is C18H24ClF3IN3. The van der Waals surface area contributed by atoms with Crippen molar-refractivity contribution in [2.75, 3.05) is 7.05 Å². The highest BCUT2D eigenvalue weighted by molar-refractivity contribution is 14.0. The number of aliphatic imine (C=N–C) groups is 1. The summed E-state index contributed by atoms with van der Waals surface area (Å²) in [7, 11) is 1.69. The van der Waals surface area contributed by atoms with E-state index in [4.69, 9.17) is 11.6 Å². The number of rotatable bonds is 3. The van der Waals surface area contributed by atoms with Crippen molar-refractivity contribution in [1.82, 2.24) is 10.6 Å². The number of benzene rings is 1. The summed E-state index contributed by atoms with van der Waals surface area (Å²) in [6, 6.07) is 8.17. The fourth-order valence-electron chi connectivity index (χ4n) is 3.56. The van der Waals surface area contributed by atoms with Crippen LogP contribution in [0, 0.1) is 5.92 Å². The van der Waals surface area contributed by atoms with Gasteiger partial charge in [-0.15, -0.1) is 24.0 Å². The second-order valence-electron chi connectivity index (χ2n) is 6.95. The van der Waals surface area contributed by atoms with Crippen LogP contribution >= 0.6 is 35.6 Å². The van der Waals surface area contributed by atoms with Crippen LogP contribution in [0.1, 0.15) is 43.6 Å². The first-order chi connectivity index (χ1) is 11.9. The molecule has 0 heterocycles. The molecular weight excluding hydrogens is 478 g/mol. The van der Waals surface area contributed by atoms with Gasteiger partial charge in [0.1, 0.15) is 0 Å². The lowest BCUT2D eigenvalue weighted by atomic mass is 9.85. The van der Waals surface area contributed by atoms with Crippen LogP contribution in [0.25, 0.3) is 0 Å². The smallest absolute Gasteiger partial charge is 0.354 e. The molecule has 146 valence electrons. The van der Waals surface area contributed by atoms with Crippen molar-refractivity contribution >= 4 is 41.5 Å². The Hall–Kier alpha value is -0.700. The zero-order valence-corrected chi connectivity index (χ0v) is 17.6. The topological polar surface area (TPSA) is 36.4 Å². The van der Waals surface area contributed by atoms with E-state index in [-0.39, 0.29) is 48.9 Å². The summed E-state index contributed by atoms with van der Waals surface area (Å²) in [5, 5.41) is 7.38. The molecule has 0 radical (unpaired) electrons. The first kappa shape index (κ1) is 21.6. The molecule has 0 bridgehead atoms. The number of hydrogen-bond donors (Lipinski definition) is 2. The maximum absolute atomic E-state index is 12.7. The molecule has 0 aromatic heterocycles. The minimum atomic E-state index is -4.07. The lowest BCUT2D eigenvalue weighted by Crippen LogP contribution is -2.46. The van der Waals surface area contributed by atoms with Gasteiger partial charge in [0.2, 0.25) is 0 Å². The quantitative estimate of drug-likeness (QED) is 0.343. The third-order valence-corrected chi connectivity index (χ3v) is 5.38. The molecule has 2 fully saturated rings. The van der Waals surface area contributed by atoms with Gasteiger partial charge in [-0.2, -0.15) is 13.2 Å². The summed E-state index contributed by atoms with van der Waals surface area (Å²) in [4.78, 5) is 4.22. The molecule has 2 unspecified atom stereocenters. The molecule has 2 aliphatic carbocycles. The van der Waals surface area contributed by atoms with Crippen LogP contribution in [0.4, 0.5) is 13.2 Å². The Labute approximate surface area is 174 Å². The number of nitrogens with zero attached hydrogens (tertiary/aromatic N) is 1. The summed E-state index contributed by atoms with van der Waals surface area (Å²) in [5.41, 5.74) is 1.20. The summed E-state index contributed by atoms with van der Waals surface area (Å²) < 4.78 is 38.2. The highest BCUT2D eigenvalue weighted by Crippen LogP contribution is 2.41. The van der Waals surface area contributed by atoms with Crippen molar-refractivity contribution in [3.05, 3.63) is 34.9 Å². The fraction of sp³-hybridized carbons (Fsp3) is 0.611. The second kappa shape index (κ2) is 8.99. The van der Waals surface area contributed by atoms with Gasteiger partial charge in [-0.25, -0.2) is 0 Å². The Balaban J connectivity index is 0.00000243. The van der Waals surface area contributed by atoms with Crippen molar-refractivity contribution in [3.63, 3.8) is 0 Å². The monoisotopic (exact) mass is 501 g/mol. The van der Waals surface area contributed by atoms with Crippen LogP contribution in [0.2, 0.25) is 5.02 Å². The average Bonchev–Trinajstić information content (AvgIpc) is 3.33. The van der Waals surface area contributed by atoms with Crippen LogP contribution < -0.4 is 10.6 Å². The summed E-state index contributed by atoms with van der Waals surface area (Å²) >= 11 is 6.03. The van der Waals surface area contributed by atoms with Gasteiger partial charge in [0.25, 0.3) is 0 Å². The van der Waals surface area contributed by atoms with Crippen molar-refractivity contribution in [2.45, 2.75) is 56.3 Å². The number of hydrogen-bond acceptors (Lipinski definition) is 1. The minimum absolute atomic E-state index is 0. The van der Waals surface area contributed by atoms with E-state index in [1.54, 1.807) is 7.05 Å². The number of nitrogens with one attached hydrogen (secondary N) is 2. The zero-order chi connectivity index (χ0) is 18.0. The van der Waals surface area contributed by atoms with Crippen molar-refractivity contribution in [2.24, 2.45) is 10.9 Å². The molecule has 0 aliphatic heterocycles. The molecule has 2 N–H and O–H groups in total. The largest absolute Gasteiger partial charge is 0.391 e. The average molecular weight is 502 g/mol. The predicted octanol–water partition coefficient (Wildman–Crippen LogP) is 5.10. The Morgan fingerprint density at radius 1 is 1.15 bits per heavy atom. The van der Waals surface area contributed by atoms with Crippen LogP contribution in [-0.2, 0) is 0 Å². The van der Waals surface area contributed by atoms with E-state index in [2.05, 4.69) is 21.7 Å². The second-order valence-corrected chi connectivity index (χ2v) is 7.39. The molecule has 3 rings (SSSR count). The van der Waals surface area contributed by atoms with Gasteiger partial charge >= 0.3 is 6.18 Å². The maximum atomic E-state index is 12.7. The third kappa shape index (κ3) is 5.65. The Morgan fingerprint density at radius 2 is 1.85 bits per heavy atom. The Bertz CT molecular complexity index is 630. The molecule has 8 heteroatoms. The summed E-state index contributed by atoms with van der Waals surface area (Å²) in [6.07, 6.45) is -1.65. The highest BCUT2D eigenvalue weighted by Gasteiger charge is 2.42. The van der Waals surface area contributed by atoms with Crippen molar-refractivity contribution in [1.29, 1.82) is 0 Å². The standard InChI is InChI=1S/C18H23ClF3N3.HI/c1-23-17(24-14-7-5-12(6-8-14)18(20,21)22)25-16-10-15(16)11-3-2-4-13(19)9-11;/h2-4,9,12,14-16H,5-8,10H2,1H3,(H2,23,24,25);1H. The molecule has 2 aliphatic rings. The molecule has 26 heavy (non-hydrogen) atoms. The lowest BCUT2D eigenvalue weighted by molar-refractivity contribution is -0.182. The molecule has 0 spiro atoms. The van der Waals surface area contributed by atoms with Crippen LogP contribution in [-0.4, -0.2) is 31.3 Å². The van der Waals surface area contributed by atoms with Gasteiger partial charge in [-0.05, 0) is 49.8 Å². The summed E-state index contributed by atoms with van der Waals surface area (Å²) in [6.45, 7) is 0. The van der Waals surface area contributed by atoms with Gasteiger partial charge in [0.15, 0.2) is 5.96 Å². The minimum Gasteiger partial charge on any atom is -0.354 e. The van der Waals surface area contributed by atoms with Gasteiger partial charge in [0.05, 0.1) is 5.92 Å². The Morgan fingerprint density at radius 3 is 2.42 bits per heavy atom. The molecule has 2 atom stereocenters. The van der Waals surface area contributed by atoms with Crippen LogP contribution in [0.3, 0.4) is 0 Å². The van der Waals surface area contributed by atoms with Crippen LogP contribution in [0.15, 0.2) is 29.3 Å². The lowest BCUT2D eigenvalue weighted by Gasteiger charge is -2.31. The normalized spacial score (nSPS) is 28.9. The van der Waals surface area contributed by atoms with Crippen LogP contribution in [0.5, 0.6) is 0 Å². The zero-order valence-electron chi connectivity index (χ0n) is 14.5. The van der Waals surface area contributed by atoms with E-state index in [0.29, 0.717) is 24.7 Å². The maximum Gasteiger partial charge on any atom is 0.391 e. The van der Waals surface area contributed by atoms with E-state index in [0.717, 1.165) is 11.4 Å². The number of guanidine groups is 1. The molecule has 0 amide bonds. The van der Waals surface area contributed by atoms with E-state index in [1.807, 2.05) is 18.2 Å². The van der Waals surface area contributed by atoms with Crippen molar-refractivity contribution < 1.29 is 13.2 Å². The Kier molecular flexibility index (Phi) is 7.47. The summed E-state index contributed by atoms with van der Waals surface area (Å²) in [5.74, 6) is -0.0839. The van der Waals surface area contributed by atoms with E-state index >= 15 is 0 Å². The molecule has 0 saturated heterocycles. The first-order valence-electron chi connectivity index (χ1n) is 8.69. The van der Waals surface area contributed by atoms with E-state index in [1.165, 1.54) is 5.56 Å². The highest BCUT2D eigenvalue weighted by atomic mass is 127. The fourth-order valence-corrected chi connectivity index (χ4v) is 3.76. The number of halogens is 5. The van der Waals surface area contributed by atoms with Gasteiger partial charge in [-0.3, -0.25) is 4.99 Å². The van der Waals surface area contributed by atoms with E-state index < -0.39 is 12.1 Å². The van der Waals surface area contributed by atoms with Gasteiger partial charge in [-0.1, -0.05) is 23.7 Å². The third-order valence-electron chi connectivity index (χ3n) is 5.14. The molecule has 1 aromatic carbocycles. The predicted molar refractivity (Wildman–Crippen MR) is 109 cm³/mol. The molecule has 2 saturated carbocycles. The SMILES string of the molecule is CN=C(NC1CCC(C(F)(F)F)CC1)NC1CC1c1cccc(Cl)c1.I. The van der Waals surface area contributed by atoms with Gasteiger partial charge in [0, 0.05) is 30.1 Å². The first-order valence-corrected chi connectivity index (χ1v) is 9.06. The van der Waals surface area contributed by atoms with Crippen molar-refractivity contribution in [3.8, 4) is 0 Å². The van der Waals surface area contributed by atoms with Gasteiger partial charge < -0.3 is 10.6 Å². The molecule has 1 aromatic rings. The van der Waals surface area contributed by atoms with E-state index in [9.17, 15) is 13.2 Å². The number of alkyl halides is 3. The molecule has 3 nitrogen and oxygen atoms in total.